The molecule has 3 aromatic rings. The normalized spacial score (nSPS) is 11.1. The molecule has 0 saturated heterocycles. The van der Waals surface area contributed by atoms with Gasteiger partial charge < -0.3 is 0 Å². The van der Waals surface area contributed by atoms with Crippen LogP contribution in [0.1, 0.15) is 5.69 Å². The molecule has 0 N–H and O–H groups in total. The third-order valence-electron chi connectivity index (χ3n) is 1.75. The van der Waals surface area contributed by atoms with E-state index < -0.39 is 0 Å². The standard InChI is InChI=1S/C8H6N2S4/c1-2-7(11-3-1)8-9-6(5-12-8)4-10-13-14-10/h1-3,5H,4H2. The first-order chi connectivity index (χ1) is 6.92. The fraction of sp³-hybridized carbons (Fsp3) is 0.125. The van der Waals surface area contributed by atoms with Gasteiger partial charge >= 0.3 is 0 Å². The van der Waals surface area contributed by atoms with Crippen LogP contribution >= 0.6 is 43.7 Å². The number of nitrogens with zero attached hydrogens (tertiary/aromatic N) is 2. The second-order valence-electron chi connectivity index (χ2n) is 2.76. The number of thiophene rings is 1. The van der Waals surface area contributed by atoms with E-state index in [2.05, 4.69) is 31.2 Å². The Morgan fingerprint density at radius 3 is 2.93 bits per heavy atom. The van der Waals surface area contributed by atoms with Crippen LogP contribution in [0.5, 0.6) is 0 Å². The first-order valence-electron chi connectivity index (χ1n) is 4.02. The summed E-state index contributed by atoms with van der Waals surface area (Å²) in [5.74, 6) is 0. The van der Waals surface area contributed by atoms with Crippen LogP contribution in [0.15, 0.2) is 22.9 Å². The Labute approximate surface area is 96.8 Å². The van der Waals surface area contributed by atoms with Gasteiger partial charge in [0, 0.05) is 26.5 Å². The molecule has 3 rings (SSSR count). The highest BCUT2D eigenvalue weighted by Crippen LogP contribution is 2.29. The summed E-state index contributed by atoms with van der Waals surface area (Å²) < 4.78 is 2.22. The van der Waals surface area contributed by atoms with E-state index in [1.165, 1.54) is 10.6 Å². The molecule has 0 fully saturated rings. The van der Waals surface area contributed by atoms with E-state index in [-0.39, 0.29) is 0 Å². The Morgan fingerprint density at radius 1 is 1.29 bits per heavy atom. The molecule has 0 bridgehead atoms. The minimum Gasteiger partial charge on any atom is -0.238 e. The van der Waals surface area contributed by atoms with Gasteiger partial charge in [-0.3, -0.25) is 0 Å². The SMILES string of the molecule is c1csc(-c2nc(Cn3ss3)cs2)c1. The summed E-state index contributed by atoms with van der Waals surface area (Å²) in [6.45, 7) is 0.956. The van der Waals surface area contributed by atoms with Crippen LogP contribution in [0, 0.1) is 0 Å². The van der Waals surface area contributed by atoms with Gasteiger partial charge in [-0.1, -0.05) is 6.07 Å². The molecular weight excluding hydrogens is 252 g/mol. The minimum absolute atomic E-state index is 0.956. The summed E-state index contributed by atoms with van der Waals surface area (Å²) >= 11 is 3.48. The number of rotatable bonds is 3. The second-order valence-corrected chi connectivity index (χ2v) is 6.87. The smallest absolute Gasteiger partial charge is 0.133 e. The maximum absolute atomic E-state index is 4.59. The molecule has 0 saturated carbocycles. The maximum atomic E-state index is 4.59. The van der Waals surface area contributed by atoms with Crippen molar-refractivity contribution in [3.63, 3.8) is 0 Å². The molecular formula is C8H6N2S4. The zero-order valence-electron chi connectivity index (χ0n) is 7.04. The highest BCUT2D eigenvalue weighted by molar-refractivity contribution is 7.76. The summed E-state index contributed by atoms with van der Waals surface area (Å²) in [6.07, 6.45) is 0. The fourth-order valence-corrected chi connectivity index (χ4v) is 3.60. The van der Waals surface area contributed by atoms with Crippen molar-refractivity contribution in [1.82, 2.24) is 8.33 Å². The van der Waals surface area contributed by atoms with Gasteiger partial charge in [-0.2, -0.15) is 0 Å². The zero-order chi connectivity index (χ0) is 9.38. The molecule has 2 nitrogen and oxygen atoms in total. The van der Waals surface area contributed by atoms with Crippen LogP contribution < -0.4 is 0 Å². The van der Waals surface area contributed by atoms with E-state index in [0.29, 0.717) is 0 Å². The van der Waals surface area contributed by atoms with Crippen LogP contribution in [0.25, 0.3) is 9.88 Å². The highest BCUT2D eigenvalue weighted by Gasteiger charge is 2.07. The lowest BCUT2D eigenvalue weighted by Crippen LogP contribution is -1.87. The highest BCUT2D eigenvalue weighted by atomic mass is 33.0. The van der Waals surface area contributed by atoms with Gasteiger partial charge in [-0.05, 0) is 11.4 Å². The monoisotopic (exact) mass is 258 g/mol. The molecule has 0 aromatic carbocycles. The van der Waals surface area contributed by atoms with Gasteiger partial charge in [0.15, 0.2) is 0 Å². The van der Waals surface area contributed by atoms with E-state index in [9.17, 15) is 0 Å². The van der Waals surface area contributed by atoms with Gasteiger partial charge in [0.1, 0.15) is 5.01 Å². The fourth-order valence-electron chi connectivity index (χ4n) is 1.10. The molecule has 0 aliphatic heterocycles. The van der Waals surface area contributed by atoms with E-state index in [0.717, 1.165) is 11.6 Å². The van der Waals surface area contributed by atoms with Crippen LogP contribution in [0.4, 0.5) is 0 Å². The first-order valence-corrected chi connectivity index (χ1v) is 7.85. The van der Waals surface area contributed by atoms with E-state index in [1.54, 1.807) is 43.7 Å². The predicted octanol–water partition coefficient (Wildman–Crippen LogP) is 3.84. The largest absolute Gasteiger partial charge is 0.238 e. The molecule has 0 amide bonds. The van der Waals surface area contributed by atoms with Crippen LogP contribution in [0.2, 0.25) is 0 Å². The van der Waals surface area contributed by atoms with Gasteiger partial charge in [0.05, 0.1) is 17.1 Å². The van der Waals surface area contributed by atoms with Crippen molar-refractivity contribution in [3.8, 4) is 9.88 Å². The number of thiazole rings is 1. The second kappa shape index (κ2) is 3.62. The predicted molar refractivity (Wildman–Crippen MR) is 64.7 cm³/mol. The average Bonchev–Trinajstić information content (AvgIpc) is 2.71. The van der Waals surface area contributed by atoms with Crippen molar-refractivity contribution in [1.29, 1.82) is 0 Å². The molecule has 0 aliphatic rings. The number of hydrogen-bond donors (Lipinski definition) is 0. The molecule has 0 aliphatic carbocycles. The third kappa shape index (κ3) is 1.83. The van der Waals surface area contributed by atoms with Crippen molar-refractivity contribution in [3.05, 3.63) is 28.6 Å². The molecule has 14 heavy (non-hydrogen) atoms. The zero-order valence-corrected chi connectivity index (χ0v) is 10.3. The average molecular weight is 258 g/mol. The molecule has 0 spiro atoms. The summed E-state index contributed by atoms with van der Waals surface area (Å²) in [7, 11) is 3.57. The molecule has 0 radical (unpaired) electrons. The van der Waals surface area contributed by atoms with Gasteiger partial charge in [0.25, 0.3) is 0 Å². The quantitative estimate of drug-likeness (QED) is 0.653. The molecule has 6 heteroatoms. The van der Waals surface area contributed by atoms with Gasteiger partial charge in [-0.15, -0.1) is 22.7 Å². The number of hydrogen-bond acceptors (Lipinski definition) is 5. The van der Waals surface area contributed by atoms with Crippen molar-refractivity contribution < 1.29 is 0 Å². The van der Waals surface area contributed by atoms with Gasteiger partial charge in [-0.25, -0.2) is 8.33 Å². The lowest BCUT2D eigenvalue weighted by Gasteiger charge is -1.88. The third-order valence-corrected chi connectivity index (χ3v) is 5.38. The van der Waals surface area contributed by atoms with Crippen molar-refractivity contribution in [2.24, 2.45) is 0 Å². The summed E-state index contributed by atoms with van der Waals surface area (Å²) in [4.78, 5) is 5.86. The van der Waals surface area contributed by atoms with E-state index >= 15 is 0 Å². The maximum Gasteiger partial charge on any atom is 0.133 e. The minimum atomic E-state index is 0.956. The Hall–Kier alpha value is -0.430. The van der Waals surface area contributed by atoms with Crippen molar-refractivity contribution in [2.75, 3.05) is 0 Å². The summed E-state index contributed by atoms with van der Waals surface area (Å²) in [5.41, 5.74) is 1.18. The van der Waals surface area contributed by atoms with Crippen molar-refractivity contribution >= 4 is 43.7 Å². The molecule has 3 heterocycles. The first kappa shape index (κ1) is 8.84. The lowest BCUT2D eigenvalue weighted by atomic mass is 10.4. The van der Waals surface area contributed by atoms with Gasteiger partial charge in [0.2, 0.25) is 0 Å². The Kier molecular flexibility index (Phi) is 2.28. The molecule has 0 atom stereocenters. The van der Waals surface area contributed by atoms with Crippen LogP contribution in [-0.2, 0) is 6.54 Å². The Morgan fingerprint density at radius 2 is 2.21 bits per heavy atom. The Bertz CT molecular complexity index is 487. The van der Waals surface area contributed by atoms with E-state index in [4.69, 9.17) is 0 Å². The summed E-state index contributed by atoms with van der Waals surface area (Å²) in [5, 5.41) is 5.38. The molecule has 0 unspecified atom stereocenters. The van der Waals surface area contributed by atoms with Crippen LogP contribution in [-0.4, -0.2) is 8.33 Å². The molecule has 72 valence electrons. The lowest BCUT2D eigenvalue weighted by molar-refractivity contribution is 0.937. The van der Waals surface area contributed by atoms with Crippen molar-refractivity contribution in [2.45, 2.75) is 6.54 Å². The topological polar surface area (TPSA) is 17.8 Å². The van der Waals surface area contributed by atoms with E-state index in [1.807, 2.05) is 0 Å². The summed E-state index contributed by atoms with van der Waals surface area (Å²) in [6, 6.07) is 4.19. The van der Waals surface area contributed by atoms with Crippen LogP contribution in [0.3, 0.4) is 0 Å². The number of aromatic nitrogens is 2. The molecule has 3 aromatic heterocycles. The Balaban J connectivity index is 1.87.